The van der Waals surface area contributed by atoms with Crippen LogP contribution in [-0.4, -0.2) is 269 Å². The molecule has 0 saturated carbocycles. The van der Waals surface area contributed by atoms with Gasteiger partial charge in [-0.05, 0) is 95.8 Å². The van der Waals surface area contributed by atoms with Gasteiger partial charge in [0.25, 0.3) is 0 Å². The molecule has 3 aliphatic rings. The molecule has 3 rings (SSSR count). The van der Waals surface area contributed by atoms with Crippen LogP contribution >= 0.6 is 0 Å². The fourth-order valence-corrected chi connectivity index (χ4v) is 10.6. The zero-order valence-electron chi connectivity index (χ0n) is 55.0. The average Bonchev–Trinajstić information content (AvgIpc) is 0.858. The van der Waals surface area contributed by atoms with Crippen molar-refractivity contribution in [3.8, 4) is 0 Å². The number of ether oxygens (including phenoxy) is 6. The van der Waals surface area contributed by atoms with Crippen LogP contribution in [0.5, 0.6) is 0 Å². The molecule has 3 saturated heterocycles. The first kappa shape index (κ1) is 82.9. The van der Waals surface area contributed by atoms with Gasteiger partial charge in [0.1, 0.15) is 85.1 Å². The van der Waals surface area contributed by atoms with Crippen LogP contribution in [-0.2, 0) is 71.6 Å². The summed E-state index contributed by atoms with van der Waals surface area (Å²) in [4.78, 5) is 115. The monoisotopic (exact) mass is 1350 g/mol. The number of rotatable bonds is 46. The minimum Gasteiger partial charge on any atom is -0.394 e. The zero-order valence-corrected chi connectivity index (χ0v) is 55.0. The molecule has 3 fully saturated rings. The Morgan fingerprint density at radius 1 is 0.383 bits per heavy atom. The van der Waals surface area contributed by atoms with Crippen LogP contribution in [0.2, 0.25) is 0 Å². The Balaban J connectivity index is 1.63. The van der Waals surface area contributed by atoms with E-state index in [0.29, 0.717) is 89.5 Å². The Morgan fingerprint density at radius 3 is 1.07 bits per heavy atom. The van der Waals surface area contributed by atoms with Crippen LogP contribution in [0.3, 0.4) is 0 Å². The minimum absolute atomic E-state index is 0.0334. The zero-order chi connectivity index (χ0) is 69.7. The maximum atomic E-state index is 14.3. The number of carbonyl (C=O) groups excluding carboxylic acids is 9. The fourth-order valence-electron chi connectivity index (χ4n) is 10.6. The van der Waals surface area contributed by atoms with Crippen LogP contribution < -0.4 is 47.9 Å². The largest absolute Gasteiger partial charge is 0.394 e. The summed E-state index contributed by atoms with van der Waals surface area (Å²) in [5.41, 5.74) is 0. The number of unbranched alkanes of at least 4 members (excludes halogenated alkanes) is 7. The Hall–Kier alpha value is -5.37. The van der Waals surface area contributed by atoms with Gasteiger partial charge in [-0.1, -0.05) is 20.3 Å². The standard InChI is InChI=1S/C61H109N9O24/c1-35(2)31-65-46(79)21-7-6-13-27-64-57(87)39(19-8-14-25-62-44(77)22-10-16-28-89-59-48(66-36(3)74)54(84)51(81)41(32-71)92-59)70-58(88)40(69-47(80)24-12-18-30-91-61-50(68-38(5)76)56(86)53(83)43(34-73)94-61)20-9-15-26-63-45(78)23-11-17-29-90-60-49(67-37(4)75)55(85)52(82)42(33-72)93-60/h35,39-43,48-56,59-61,71-73,81-86H,6-34H2,1-5H3,(H,62,77)(H,63,78)(H,64,87)(H,65,79)(H,66,74)(H,67,75)(H,68,76)(H,69,80)(H,70,88). The van der Waals surface area contributed by atoms with E-state index >= 15 is 0 Å². The van der Waals surface area contributed by atoms with Gasteiger partial charge in [-0.2, -0.15) is 0 Å². The summed E-state index contributed by atoms with van der Waals surface area (Å²) in [6.45, 7) is 7.10. The van der Waals surface area contributed by atoms with Gasteiger partial charge < -0.3 is 122 Å². The number of hydrogen-bond donors (Lipinski definition) is 18. The molecular weight excluding hydrogens is 1240 g/mol. The maximum Gasteiger partial charge on any atom is 0.243 e. The van der Waals surface area contributed by atoms with Gasteiger partial charge in [0.15, 0.2) is 18.9 Å². The van der Waals surface area contributed by atoms with E-state index < -0.39 is 159 Å². The van der Waals surface area contributed by atoms with Crippen LogP contribution in [0.15, 0.2) is 0 Å². The van der Waals surface area contributed by atoms with Gasteiger partial charge in [0.05, 0.1) is 19.8 Å². The Bertz CT molecular complexity index is 2280. The number of carbonyl (C=O) groups is 9. The van der Waals surface area contributed by atoms with Crippen molar-refractivity contribution in [2.45, 2.75) is 261 Å². The van der Waals surface area contributed by atoms with Gasteiger partial charge in [0.2, 0.25) is 53.2 Å². The lowest BCUT2D eigenvalue weighted by molar-refractivity contribution is -0.270. The van der Waals surface area contributed by atoms with E-state index in [0.717, 1.165) is 0 Å². The molecule has 94 heavy (non-hydrogen) atoms. The van der Waals surface area contributed by atoms with Crippen molar-refractivity contribution >= 4 is 53.2 Å². The average molecular weight is 1350 g/mol. The van der Waals surface area contributed by atoms with E-state index in [4.69, 9.17) is 28.4 Å². The third-order valence-corrected chi connectivity index (χ3v) is 15.8. The SMILES string of the molecule is CC(=O)NC1C(OCCCCC(=O)NCCCCC(NC(=O)CCCCOC2OC(CO)C(O)C(O)C2NC(C)=O)C(=O)NC(CCCCNC(=O)CCCCOC2OC(CO)C(O)C(O)C2NC(C)=O)C(=O)NCCCCCC(=O)NCC(C)C)OC(CO)C(O)C1O. The van der Waals surface area contributed by atoms with Gasteiger partial charge in [0, 0.05) is 92.5 Å². The molecule has 3 aliphatic heterocycles. The van der Waals surface area contributed by atoms with Crippen LogP contribution in [0.25, 0.3) is 0 Å². The number of nitrogens with one attached hydrogen (secondary N) is 9. The molecule has 0 spiro atoms. The second-order valence-corrected chi connectivity index (χ2v) is 24.5. The second-order valence-electron chi connectivity index (χ2n) is 24.5. The Labute approximate surface area is 549 Å². The van der Waals surface area contributed by atoms with Crippen LogP contribution in [0.4, 0.5) is 0 Å². The van der Waals surface area contributed by atoms with Crippen LogP contribution in [0.1, 0.15) is 157 Å². The van der Waals surface area contributed by atoms with Crippen molar-refractivity contribution in [3.63, 3.8) is 0 Å². The molecule has 33 heteroatoms. The van der Waals surface area contributed by atoms with Gasteiger partial charge in [-0.15, -0.1) is 0 Å². The fraction of sp³-hybridized carbons (Fsp3) is 0.852. The molecule has 17 unspecified atom stereocenters. The normalized spacial score (nSPS) is 26.6. The molecule has 0 aromatic carbocycles. The molecule has 18 N–H and O–H groups in total. The van der Waals surface area contributed by atoms with Crippen molar-refractivity contribution in [1.82, 2.24) is 47.9 Å². The first-order valence-corrected chi connectivity index (χ1v) is 33.0. The molecule has 3 heterocycles. The van der Waals surface area contributed by atoms with Gasteiger partial charge in [-0.25, -0.2) is 0 Å². The summed E-state index contributed by atoms with van der Waals surface area (Å²) in [6, 6.07) is -5.62. The topological polar surface area (TPSA) is 499 Å². The van der Waals surface area contributed by atoms with Gasteiger partial charge >= 0.3 is 0 Å². The predicted octanol–water partition coefficient (Wildman–Crippen LogP) is -4.63. The van der Waals surface area contributed by atoms with Crippen molar-refractivity contribution in [2.24, 2.45) is 5.92 Å². The number of amides is 9. The molecule has 542 valence electrons. The third-order valence-electron chi connectivity index (χ3n) is 15.8. The maximum absolute atomic E-state index is 14.3. The number of aliphatic hydroxyl groups is 9. The lowest BCUT2D eigenvalue weighted by Crippen LogP contribution is -2.64. The van der Waals surface area contributed by atoms with E-state index in [1.165, 1.54) is 20.8 Å². The van der Waals surface area contributed by atoms with Crippen molar-refractivity contribution < 1.29 is 118 Å². The van der Waals surface area contributed by atoms with Crippen molar-refractivity contribution in [1.29, 1.82) is 0 Å². The van der Waals surface area contributed by atoms with E-state index in [-0.39, 0.29) is 102 Å². The highest BCUT2D eigenvalue weighted by Crippen LogP contribution is 2.26. The Morgan fingerprint density at radius 2 is 0.713 bits per heavy atom. The molecule has 0 radical (unpaired) electrons. The van der Waals surface area contributed by atoms with E-state index in [9.17, 15) is 89.1 Å². The summed E-state index contributed by atoms with van der Waals surface area (Å²) in [6.07, 6.45) is -10.1. The van der Waals surface area contributed by atoms with E-state index in [2.05, 4.69) is 47.9 Å². The molecule has 17 atom stereocenters. The summed E-state index contributed by atoms with van der Waals surface area (Å²) >= 11 is 0. The van der Waals surface area contributed by atoms with E-state index in [1.807, 2.05) is 13.8 Å². The predicted molar refractivity (Wildman–Crippen MR) is 332 cm³/mol. The van der Waals surface area contributed by atoms with Crippen molar-refractivity contribution in [3.05, 3.63) is 0 Å². The molecule has 0 aromatic rings. The molecular formula is C61H109N9O24. The highest BCUT2D eigenvalue weighted by molar-refractivity contribution is 5.92. The summed E-state index contributed by atoms with van der Waals surface area (Å²) in [5.74, 6) is -3.52. The third kappa shape index (κ3) is 31.2. The summed E-state index contributed by atoms with van der Waals surface area (Å²) < 4.78 is 34.0. The minimum atomic E-state index is -1.52. The van der Waals surface area contributed by atoms with Crippen molar-refractivity contribution in [2.75, 3.05) is 65.8 Å². The molecule has 0 aliphatic carbocycles. The lowest BCUT2D eigenvalue weighted by atomic mass is 9.97. The quantitative estimate of drug-likeness (QED) is 0.0255. The lowest BCUT2D eigenvalue weighted by Gasteiger charge is -2.42. The summed E-state index contributed by atoms with van der Waals surface area (Å²) in [5, 5.41) is 116. The second kappa shape index (κ2) is 46.0. The molecule has 33 nitrogen and oxygen atoms in total. The first-order valence-electron chi connectivity index (χ1n) is 33.0. The van der Waals surface area contributed by atoms with Gasteiger partial charge in [-0.3, -0.25) is 43.2 Å². The smallest absolute Gasteiger partial charge is 0.243 e. The highest BCUT2D eigenvalue weighted by atomic mass is 16.7. The molecule has 0 aromatic heterocycles. The molecule has 0 bridgehead atoms. The number of hydrogen-bond acceptors (Lipinski definition) is 24. The molecule has 9 amide bonds. The highest BCUT2D eigenvalue weighted by Gasteiger charge is 2.48. The summed E-state index contributed by atoms with van der Waals surface area (Å²) in [7, 11) is 0. The number of aliphatic hydroxyl groups excluding tert-OH is 9. The first-order chi connectivity index (χ1) is 44.8. The Kier molecular flexibility index (Phi) is 40.5. The van der Waals surface area contributed by atoms with E-state index in [1.54, 1.807) is 0 Å². The van der Waals surface area contributed by atoms with Crippen LogP contribution in [0, 0.1) is 5.92 Å².